The number of amides is 2. The standard InChI is InChI=1S/C68H128N2O22P2/c1-5-9-13-17-21-25-29-33-37-41-51(72)45-57(76)69-61-65(89-59(78)47-53(74)43-39-35-31-27-23-19-15-11-7-3)63(80)56(88-68(61)91-93(81)82)50-86-67-62(70-58(77)46-52(73)42-38-34-30-26-22-18-14-10-6-2)66(64(55(49-71)87-67)92-94(83,84)85)90-60(79)48-54(75)44-40-36-32-28-24-20-16-12-8-4/h51-56,61-68,71-75,80H,5-50H2,1-4H3,(H4-,69,70,76,77,81,82,83,84,85)/p+1. The summed E-state index contributed by atoms with van der Waals surface area (Å²) in [6.45, 7) is 6.69. The van der Waals surface area contributed by atoms with E-state index in [-0.39, 0.29) is 25.7 Å². The minimum Gasteiger partial charge on any atom is -0.457 e. The summed E-state index contributed by atoms with van der Waals surface area (Å²) < 4.78 is 65.6. The van der Waals surface area contributed by atoms with Crippen LogP contribution in [0.2, 0.25) is 0 Å². The molecule has 2 saturated heterocycles. The van der Waals surface area contributed by atoms with Crippen molar-refractivity contribution in [2.75, 3.05) is 13.2 Å². The highest BCUT2D eigenvalue weighted by molar-refractivity contribution is 7.46. The number of nitrogens with one attached hydrogen (secondary N) is 2. The number of esters is 2. The minimum atomic E-state index is -5.54. The van der Waals surface area contributed by atoms with E-state index in [0.29, 0.717) is 25.7 Å². The van der Waals surface area contributed by atoms with Crippen LogP contribution in [0, 0.1) is 0 Å². The maximum absolute atomic E-state index is 14.1. The third-order valence-electron chi connectivity index (χ3n) is 17.8. The smallest absolute Gasteiger partial charge is 0.457 e. The average molecular weight is 1390 g/mol. The largest absolute Gasteiger partial charge is 0.697 e. The summed E-state index contributed by atoms with van der Waals surface area (Å²) in [5.41, 5.74) is 0. The summed E-state index contributed by atoms with van der Waals surface area (Å²) in [5.74, 6) is -3.81. The molecule has 2 rings (SSSR count). The van der Waals surface area contributed by atoms with Crippen molar-refractivity contribution in [2.24, 2.45) is 0 Å². The molecular formula is C68H129N2O22P2+. The van der Waals surface area contributed by atoms with Crippen LogP contribution in [0.4, 0.5) is 0 Å². The first kappa shape index (κ1) is 87.7. The molecule has 0 aromatic carbocycles. The normalized spacial score (nSPS) is 23.1. The van der Waals surface area contributed by atoms with Crippen LogP contribution in [0.3, 0.4) is 0 Å². The third-order valence-corrected chi connectivity index (χ3v) is 18.7. The lowest BCUT2D eigenvalue weighted by atomic mass is 9.95. The molecule has 2 aliphatic heterocycles. The second kappa shape index (κ2) is 54.5. The number of ether oxygens (including phenoxy) is 5. The second-order valence-corrected chi connectivity index (χ2v) is 28.4. The fraction of sp³-hybridized carbons (Fsp3) is 0.941. The Hall–Kier alpha value is -2.35. The first-order chi connectivity index (χ1) is 45.2. The maximum Gasteiger partial charge on any atom is 0.697 e. The van der Waals surface area contributed by atoms with Crippen molar-refractivity contribution < 1.29 is 106 Å². The van der Waals surface area contributed by atoms with Gasteiger partial charge in [-0.25, -0.2) is 4.57 Å². The molecule has 2 heterocycles. The molecule has 2 fully saturated rings. The summed E-state index contributed by atoms with van der Waals surface area (Å²) in [5, 5.41) is 72.3. The number of phosphoric ester groups is 1. The fourth-order valence-electron chi connectivity index (χ4n) is 12.4. The Kier molecular flexibility index (Phi) is 50.8. The van der Waals surface area contributed by atoms with Crippen LogP contribution in [0.5, 0.6) is 0 Å². The van der Waals surface area contributed by atoms with Crippen LogP contribution in [0.1, 0.15) is 310 Å². The lowest BCUT2D eigenvalue weighted by molar-refractivity contribution is -0.296. The van der Waals surface area contributed by atoms with Gasteiger partial charge >= 0.3 is 28.0 Å². The molecule has 0 aromatic rings. The average Bonchev–Trinajstić information content (AvgIpc) is 0.795. The Bertz CT molecular complexity index is 2010. The van der Waals surface area contributed by atoms with Crippen LogP contribution >= 0.6 is 16.1 Å². The number of rotatable bonds is 60. The monoisotopic (exact) mass is 1390 g/mol. The Morgan fingerprint density at radius 2 is 0.766 bits per heavy atom. The van der Waals surface area contributed by atoms with Crippen molar-refractivity contribution in [3.63, 3.8) is 0 Å². The van der Waals surface area contributed by atoms with Gasteiger partial charge in [-0.15, -0.1) is 4.89 Å². The maximum atomic E-state index is 14.1. The van der Waals surface area contributed by atoms with E-state index in [1.807, 2.05) is 0 Å². The highest BCUT2D eigenvalue weighted by Gasteiger charge is 2.55. The predicted molar refractivity (Wildman–Crippen MR) is 358 cm³/mol. The van der Waals surface area contributed by atoms with E-state index in [4.69, 9.17) is 32.7 Å². The van der Waals surface area contributed by atoms with Crippen LogP contribution in [0.25, 0.3) is 0 Å². The van der Waals surface area contributed by atoms with Gasteiger partial charge in [-0.2, -0.15) is 0 Å². The number of unbranched alkanes of at least 4 members (excludes halogenated alkanes) is 32. The van der Waals surface area contributed by atoms with Crippen molar-refractivity contribution in [3.05, 3.63) is 0 Å². The number of phosphoric acid groups is 1. The van der Waals surface area contributed by atoms with Crippen LogP contribution < -0.4 is 10.6 Å². The molecule has 15 atom stereocenters. The Labute approximate surface area is 563 Å². The van der Waals surface area contributed by atoms with Gasteiger partial charge in [-0.1, -0.05) is 263 Å². The van der Waals surface area contributed by atoms with Crippen LogP contribution in [0.15, 0.2) is 0 Å². The van der Waals surface area contributed by atoms with Crippen LogP contribution in [-0.4, -0.2) is 168 Å². The lowest BCUT2D eigenvalue weighted by Crippen LogP contribution is -2.68. The molecule has 0 spiro atoms. The predicted octanol–water partition coefficient (Wildman–Crippen LogP) is 11.4. The molecule has 11 N–H and O–H groups in total. The number of aliphatic hydroxyl groups is 6. The Morgan fingerprint density at radius 1 is 0.457 bits per heavy atom. The second-order valence-electron chi connectivity index (χ2n) is 26.5. The van der Waals surface area contributed by atoms with Gasteiger partial charge in [-0.3, -0.25) is 23.7 Å². The summed E-state index contributed by atoms with van der Waals surface area (Å²) in [6.07, 6.45) is 15.5. The molecule has 0 radical (unpaired) electrons. The highest BCUT2D eigenvalue weighted by atomic mass is 31.2. The molecule has 15 unspecified atom stereocenters. The van der Waals surface area contributed by atoms with Gasteiger partial charge in [0.15, 0.2) is 18.5 Å². The van der Waals surface area contributed by atoms with Gasteiger partial charge in [0.1, 0.15) is 36.5 Å². The van der Waals surface area contributed by atoms with Gasteiger partial charge in [0, 0.05) is 4.57 Å². The van der Waals surface area contributed by atoms with Gasteiger partial charge in [-0.05, 0) is 25.7 Å². The van der Waals surface area contributed by atoms with Gasteiger partial charge in [0.05, 0.1) is 63.3 Å². The fourth-order valence-corrected chi connectivity index (χ4v) is 13.3. The molecule has 0 aliphatic carbocycles. The number of carbonyl (C=O) groups excluding carboxylic acids is 4. The zero-order chi connectivity index (χ0) is 69.4. The quantitative estimate of drug-likeness (QED) is 0.0153. The first-order valence-corrected chi connectivity index (χ1v) is 39.3. The van der Waals surface area contributed by atoms with Gasteiger partial charge in [0.2, 0.25) is 18.1 Å². The van der Waals surface area contributed by atoms with Crippen molar-refractivity contribution in [1.29, 1.82) is 0 Å². The zero-order valence-electron chi connectivity index (χ0n) is 57.8. The molecule has 0 aromatic heterocycles. The topological polar surface area (TPSA) is 373 Å². The van der Waals surface area contributed by atoms with Gasteiger partial charge in [0.25, 0.3) is 0 Å². The SMILES string of the molecule is CCCCCCCCCCCC(O)CC(=O)NC1C(O[P+](=O)O)OC(COC2OC(CO)C(OP(=O)(O)O)C(OC(=O)CC(O)CCCCCCCCCCC)C2NC(=O)CC(O)CCCCCCCCCCC)C(O)C1OC(=O)CC(O)CCCCCCCCCCC. The summed E-state index contributed by atoms with van der Waals surface area (Å²) >= 11 is 0. The molecule has 552 valence electrons. The molecule has 2 amide bonds. The van der Waals surface area contributed by atoms with E-state index in [2.05, 4.69) is 38.3 Å². The lowest BCUT2D eigenvalue weighted by Gasteiger charge is -2.46. The third kappa shape index (κ3) is 41.9. The number of hydrogen-bond donors (Lipinski definition) is 11. The van der Waals surface area contributed by atoms with E-state index in [0.717, 1.165) is 154 Å². The van der Waals surface area contributed by atoms with Crippen molar-refractivity contribution in [2.45, 2.75) is 396 Å². The van der Waals surface area contributed by atoms with Crippen molar-refractivity contribution >= 4 is 39.8 Å². The zero-order valence-corrected chi connectivity index (χ0v) is 59.6. The van der Waals surface area contributed by atoms with E-state index in [1.54, 1.807) is 0 Å². The molecule has 0 bridgehead atoms. The number of hydrogen-bond acceptors (Lipinski definition) is 19. The van der Waals surface area contributed by atoms with Crippen molar-refractivity contribution in [3.8, 4) is 0 Å². The van der Waals surface area contributed by atoms with Crippen molar-refractivity contribution in [1.82, 2.24) is 10.6 Å². The molecular weight excluding hydrogens is 1260 g/mol. The molecule has 94 heavy (non-hydrogen) atoms. The van der Waals surface area contributed by atoms with E-state index >= 15 is 0 Å². The van der Waals surface area contributed by atoms with E-state index < -0.39 is 164 Å². The van der Waals surface area contributed by atoms with E-state index in [1.165, 1.54) is 51.4 Å². The number of carbonyl (C=O) groups is 4. The molecule has 2 aliphatic rings. The Balaban J connectivity index is 2.51. The van der Waals surface area contributed by atoms with E-state index in [9.17, 15) is 73.6 Å². The number of aliphatic hydroxyl groups excluding tert-OH is 6. The molecule has 0 saturated carbocycles. The Morgan fingerprint density at radius 3 is 1.10 bits per heavy atom. The summed E-state index contributed by atoms with van der Waals surface area (Å²) in [7, 11) is -9.11. The van der Waals surface area contributed by atoms with Gasteiger partial charge < -0.3 is 74.7 Å². The first-order valence-electron chi connectivity index (χ1n) is 36.6. The highest BCUT2D eigenvalue weighted by Crippen LogP contribution is 2.43. The van der Waals surface area contributed by atoms with Crippen LogP contribution in [-0.2, 0) is 61.0 Å². The minimum absolute atomic E-state index is 0.213. The summed E-state index contributed by atoms with van der Waals surface area (Å²) in [4.78, 5) is 86.1. The molecule has 24 nitrogen and oxygen atoms in total. The molecule has 26 heteroatoms. The summed E-state index contributed by atoms with van der Waals surface area (Å²) in [6, 6.07) is -3.54.